The van der Waals surface area contributed by atoms with Crippen LogP contribution in [0.4, 0.5) is 11.4 Å². The Morgan fingerprint density at radius 2 is 1.51 bits per heavy atom. The molecule has 3 heterocycles. The second-order valence-electron chi connectivity index (χ2n) is 12.0. The molecule has 43 heavy (non-hydrogen) atoms. The average Bonchev–Trinajstić information content (AvgIpc) is 3.59. The van der Waals surface area contributed by atoms with Gasteiger partial charge in [-0.05, 0) is 60.4 Å². The third-order valence-corrected chi connectivity index (χ3v) is 11.5. The molecule has 3 amide bonds. The van der Waals surface area contributed by atoms with Crippen molar-refractivity contribution < 1.29 is 19.5 Å². The summed E-state index contributed by atoms with van der Waals surface area (Å²) in [4.78, 5) is 44.6. The molecule has 1 spiro atoms. The van der Waals surface area contributed by atoms with E-state index in [1.165, 1.54) is 0 Å². The Bertz CT molecular complexity index is 1720. The quantitative estimate of drug-likeness (QED) is 0.259. The summed E-state index contributed by atoms with van der Waals surface area (Å²) in [6, 6.07) is 30.7. The number of rotatable bonds is 7. The van der Waals surface area contributed by atoms with Crippen molar-refractivity contribution in [3.63, 3.8) is 0 Å². The number of para-hydroxylation sites is 1. The number of anilines is 2. The van der Waals surface area contributed by atoms with Gasteiger partial charge in [0, 0.05) is 16.1 Å². The van der Waals surface area contributed by atoms with Gasteiger partial charge in [-0.2, -0.15) is 0 Å². The number of nitrogens with zero attached hydrogens (tertiary/aromatic N) is 1. The monoisotopic (exact) mass is 591 g/mol. The van der Waals surface area contributed by atoms with E-state index >= 15 is 0 Å². The Kier molecular flexibility index (Phi) is 6.78. The van der Waals surface area contributed by atoms with E-state index in [9.17, 15) is 19.5 Å². The molecule has 3 saturated heterocycles. The molecule has 4 aromatic rings. The first-order valence-corrected chi connectivity index (χ1v) is 15.5. The maximum atomic E-state index is 14.6. The Hall–Kier alpha value is -4.14. The number of hydrogen-bond donors (Lipinski definition) is 3. The number of amides is 3. The van der Waals surface area contributed by atoms with Crippen LogP contribution in [0.3, 0.4) is 0 Å². The zero-order valence-electron chi connectivity index (χ0n) is 23.8. The molecule has 7 nitrogen and oxygen atoms in total. The zero-order valence-corrected chi connectivity index (χ0v) is 24.6. The fraction of sp³-hybridized carbons (Fsp3) is 0.286. The number of thioether (sulfide) groups is 1. The van der Waals surface area contributed by atoms with Crippen LogP contribution in [0, 0.1) is 11.8 Å². The van der Waals surface area contributed by atoms with Crippen LogP contribution in [0.2, 0.25) is 0 Å². The Balaban J connectivity index is 1.30. The minimum atomic E-state index is -0.879. The second kappa shape index (κ2) is 10.5. The minimum absolute atomic E-state index is 0.211. The van der Waals surface area contributed by atoms with Gasteiger partial charge in [0.05, 0.1) is 29.2 Å². The van der Waals surface area contributed by atoms with Crippen LogP contribution in [-0.2, 0) is 14.4 Å². The smallest absolute Gasteiger partial charge is 0.248 e. The van der Waals surface area contributed by atoms with Gasteiger partial charge in [-0.1, -0.05) is 78.9 Å². The molecule has 3 N–H and O–H groups in total. The first kappa shape index (κ1) is 27.7. The summed E-state index contributed by atoms with van der Waals surface area (Å²) in [5.74, 6) is -2.11. The topological polar surface area (TPSA) is 98.7 Å². The van der Waals surface area contributed by atoms with Gasteiger partial charge in [-0.15, -0.1) is 11.8 Å². The first-order chi connectivity index (χ1) is 20.8. The molecule has 0 aromatic heterocycles. The summed E-state index contributed by atoms with van der Waals surface area (Å²) >= 11 is 1.61. The standard InChI is InChI=1S/C35H33N3O4S/c1-34-18-19-35(43-34)29(28(34)31(40)36-25-14-6-3-7-15-25)33(42)38(27(21-39)23-11-4-2-5-12-23)30(35)32(41)37-26-17-16-22-10-8-9-13-24(22)20-26/h2-17,20,27-30,39H,18-19,21H2,1H3,(H,36,40)(H,37,41)/t27-,28-,29+,30?,34+,35?/m1/s1. The van der Waals surface area contributed by atoms with E-state index in [1.807, 2.05) is 103 Å². The Morgan fingerprint density at radius 3 is 2.23 bits per heavy atom. The lowest BCUT2D eigenvalue weighted by molar-refractivity contribution is -0.141. The maximum Gasteiger partial charge on any atom is 0.248 e. The normalized spacial score (nSPS) is 28.1. The first-order valence-electron chi connectivity index (χ1n) is 14.7. The molecular formula is C35H33N3O4S. The van der Waals surface area contributed by atoms with Crippen molar-refractivity contribution in [2.45, 2.75) is 41.3 Å². The van der Waals surface area contributed by atoms with Crippen LogP contribution < -0.4 is 10.6 Å². The third kappa shape index (κ3) is 4.43. The summed E-state index contributed by atoms with van der Waals surface area (Å²) in [6.07, 6.45) is 1.33. The lowest BCUT2D eigenvalue weighted by Crippen LogP contribution is -2.52. The summed E-state index contributed by atoms with van der Waals surface area (Å²) in [5, 5.41) is 18.9. The Morgan fingerprint density at radius 1 is 0.860 bits per heavy atom. The minimum Gasteiger partial charge on any atom is -0.394 e. The van der Waals surface area contributed by atoms with Crippen LogP contribution in [-0.4, -0.2) is 49.9 Å². The SMILES string of the molecule is C[C@@]12CCC3(S1)C(C(=O)Nc1ccc4ccccc4c1)N([C@H](CO)c1ccccc1)C(=O)[C@@H]3[C@@H]2C(=O)Nc1ccccc1. The van der Waals surface area contributed by atoms with Crippen molar-refractivity contribution >= 4 is 51.6 Å². The van der Waals surface area contributed by atoms with Gasteiger partial charge in [0.25, 0.3) is 0 Å². The molecule has 0 radical (unpaired) electrons. The highest BCUT2D eigenvalue weighted by atomic mass is 32.2. The van der Waals surface area contributed by atoms with Crippen LogP contribution >= 0.6 is 11.8 Å². The van der Waals surface area contributed by atoms with E-state index in [0.29, 0.717) is 24.2 Å². The van der Waals surface area contributed by atoms with Crippen molar-refractivity contribution in [3.05, 3.63) is 109 Å². The highest BCUT2D eigenvalue weighted by Crippen LogP contribution is 2.72. The second-order valence-corrected chi connectivity index (χ2v) is 13.9. The average molecular weight is 592 g/mol. The van der Waals surface area contributed by atoms with Gasteiger partial charge >= 0.3 is 0 Å². The fourth-order valence-corrected chi connectivity index (χ4v) is 9.99. The molecule has 8 heteroatoms. The molecule has 0 saturated carbocycles. The van der Waals surface area contributed by atoms with Gasteiger partial charge < -0.3 is 20.6 Å². The number of fused-ring (bicyclic) bond motifs is 2. The number of benzene rings is 4. The molecule has 3 aliphatic rings. The fourth-order valence-electron chi connectivity index (χ4n) is 7.65. The van der Waals surface area contributed by atoms with Crippen molar-refractivity contribution in [2.75, 3.05) is 17.2 Å². The summed E-state index contributed by atoms with van der Waals surface area (Å²) < 4.78 is -1.32. The van der Waals surface area contributed by atoms with Crippen molar-refractivity contribution in [1.82, 2.24) is 4.90 Å². The van der Waals surface area contributed by atoms with Crippen LogP contribution in [0.15, 0.2) is 103 Å². The number of hydrogen-bond acceptors (Lipinski definition) is 5. The summed E-state index contributed by atoms with van der Waals surface area (Å²) in [7, 11) is 0. The van der Waals surface area contributed by atoms with Crippen molar-refractivity contribution in [3.8, 4) is 0 Å². The van der Waals surface area contributed by atoms with Crippen molar-refractivity contribution in [2.24, 2.45) is 11.8 Å². The maximum absolute atomic E-state index is 14.6. The molecule has 3 fully saturated rings. The van der Waals surface area contributed by atoms with E-state index < -0.39 is 33.4 Å². The van der Waals surface area contributed by atoms with E-state index in [2.05, 4.69) is 17.6 Å². The molecular weight excluding hydrogens is 558 g/mol. The summed E-state index contributed by atoms with van der Waals surface area (Å²) in [5.41, 5.74) is 2.05. The molecule has 4 aromatic carbocycles. The predicted molar refractivity (Wildman–Crippen MR) is 169 cm³/mol. The van der Waals surface area contributed by atoms with Gasteiger partial charge in [-0.3, -0.25) is 14.4 Å². The van der Waals surface area contributed by atoms with E-state index in [-0.39, 0.29) is 24.3 Å². The predicted octanol–water partition coefficient (Wildman–Crippen LogP) is 5.63. The highest BCUT2D eigenvalue weighted by Gasteiger charge is 2.77. The van der Waals surface area contributed by atoms with Gasteiger partial charge in [-0.25, -0.2) is 0 Å². The number of carbonyl (C=O) groups is 3. The third-order valence-electron chi connectivity index (χ3n) is 9.50. The zero-order chi connectivity index (χ0) is 29.8. The molecule has 3 aliphatic heterocycles. The van der Waals surface area contributed by atoms with E-state index in [0.717, 1.165) is 16.3 Å². The number of aliphatic hydroxyl groups excluding tert-OH is 1. The largest absolute Gasteiger partial charge is 0.394 e. The molecule has 2 unspecified atom stereocenters. The number of carbonyl (C=O) groups excluding carboxylic acids is 3. The number of likely N-dealkylation sites (tertiary alicyclic amines) is 1. The number of aliphatic hydroxyl groups is 1. The molecule has 6 atom stereocenters. The Labute approximate surface area is 254 Å². The van der Waals surface area contributed by atoms with Gasteiger partial charge in [0.2, 0.25) is 17.7 Å². The summed E-state index contributed by atoms with van der Waals surface area (Å²) in [6.45, 7) is 1.71. The number of nitrogens with one attached hydrogen (secondary N) is 2. The van der Waals surface area contributed by atoms with E-state index in [1.54, 1.807) is 16.7 Å². The van der Waals surface area contributed by atoms with Gasteiger partial charge in [0.1, 0.15) is 6.04 Å². The lowest BCUT2D eigenvalue weighted by Gasteiger charge is -2.37. The molecule has 218 valence electrons. The van der Waals surface area contributed by atoms with Crippen LogP contribution in [0.1, 0.15) is 31.4 Å². The van der Waals surface area contributed by atoms with Crippen LogP contribution in [0.25, 0.3) is 10.8 Å². The van der Waals surface area contributed by atoms with Crippen molar-refractivity contribution in [1.29, 1.82) is 0 Å². The van der Waals surface area contributed by atoms with E-state index in [4.69, 9.17) is 0 Å². The molecule has 7 rings (SSSR count). The van der Waals surface area contributed by atoms with Crippen LogP contribution in [0.5, 0.6) is 0 Å². The highest BCUT2D eigenvalue weighted by molar-refractivity contribution is 8.02. The molecule has 0 aliphatic carbocycles. The van der Waals surface area contributed by atoms with Gasteiger partial charge in [0.15, 0.2) is 0 Å². The molecule has 2 bridgehead atoms. The lowest BCUT2D eigenvalue weighted by atomic mass is 9.66.